The minimum Gasteiger partial charge on any atom is -0.321 e. The minimum atomic E-state index is -0.470. The van der Waals surface area contributed by atoms with Crippen molar-refractivity contribution in [3.63, 3.8) is 0 Å². The average molecular weight is 361 g/mol. The predicted octanol–water partition coefficient (Wildman–Crippen LogP) is 3.42. The predicted molar refractivity (Wildman–Crippen MR) is 83.4 cm³/mol. The zero-order valence-corrected chi connectivity index (χ0v) is 12.8. The molecule has 0 aliphatic heterocycles. The third-order valence-corrected chi connectivity index (χ3v) is 3.64. The van der Waals surface area contributed by atoms with Crippen LogP contribution in [0, 0.1) is 5.82 Å². The lowest BCUT2D eigenvalue weighted by Crippen LogP contribution is -2.13. The maximum absolute atomic E-state index is 13.2. The number of pyridine rings is 1. The van der Waals surface area contributed by atoms with Crippen molar-refractivity contribution in [3.8, 4) is 5.82 Å². The Labute approximate surface area is 134 Å². The van der Waals surface area contributed by atoms with E-state index in [9.17, 15) is 9.18 Å². The Balaban J connectivity index is 1.78. The average Bonchev–Trinajstić information content (AvgIpc) is 3.05. The zero-order chi connectivity index (χ0) is 15.5. The van der Waals surface area contributed by atoms with Gasteiger partial charge in [0.2, 0.25) is 0 Å². The molecule has 0 fully saturated rings. The molecule has 3 rings (SSSR count). The van der Waals surface area contributed by atoms with Gasteiger partial charge in [-0.1, -0.05) is 0 Å². The van der Waals surface area contributed by atoms with Crippen LogP contribution in [0.15, 0.2) is 59.7 Å². The van der Waals surface area contributed by atoms with Crippen molar-refractivity contribution in [2.45, 2.75) is 0 Å². The molecule has 0 saturated carbocycles. The number of hydrogen-bond acceptors (Lipinski definition) is 3. The highest BCUT2D eigenvalue weighted by molar-refractivity contribution is 9.10. The molecule has 0 unspecified atom stereocenters. The summed E-state index contributed by atoms with van der Waals surface area (Å²) >= 11 is 3.23. The smallest absolute Gasteiger partial charge is 0.256 e. The molecule has 110 valence electrons. The van der Waals surface area contributed by atoms with Gasteiger partial charge in [-0.05, 0) is 46.3 Å². The van der Waals surface area contributed by atoms with E-state index in [2.05, 4.69) is 31.2 Å². The van der Waals surface area contributed by atoms with Gasteiger partial charge in [0, 0.05) is 16.9 Å². The summed E-state index contributed by atoms with van der Waals surface area (Å²) in [5.74, 6) is -0.201. The van der Waals surface area contributed by atoms with Crippen LogP contribution in [0.1, 0.15) is 10.4 Å². The van der Waals surface area contributed by atoms with Crippen molar-refractivity contribution in [2.24, 2.45) is 0 Å². The number of carbonyl (C=O) groups is 1. The molecule has 0 radical (unpaired) electrons. The van der Waals surface area contributed by atoms with Gasteiger partial charge >= 0.3 is 0 Å². The number of halogens is 2. The second kappa shape index (κ2) is 6.07. The quantitative estimate of drug-likeness (QED) is 0.778. The van der Waals surface area contributed by atoms with E-state index in [1.165, 1.54) is 24.4 Å². The van der Waals surface area contributed by atoms with E-state index < -0.39 is 11.7 Å². The maximum Gasteiger partial charge on any atom is 0.256 e. The molecule has 0 spiro atoms. The fourth-order valence-electron chi connectivity index (χ4n) is 1.88. The molecule has 1 aromatic carbocycles. The lowest BCUT2D eigenvalue weighted by Gasteiger charge is -2.08. The number of carbonyl (C=O) groups excluding carboxylic acids is 1. The van der Waals surface area contributed by atoms with Crippen LogP contribution in [-0.4, -0.2) is 20.4 Å². The Morgan fingerprint density at radius 2 is 2.14 bits per heavy atom. The molecule has 3 aromatic rings. The Morgan fingerprint density at radius 3 is 2.82 bits per heavy atom. The summed E-state index contributed by atoms with van der Waals surface area (Å²) in [5.41, 5.74) is 0.740. The van der Waals surface area contributed by atoms with Crippen LogP contribution in [0.4, 0.5) is 10.1 Å². The molecule has 1 N–H and O–H groups in total. The molecule has 0 aliphatic carbocycles. The van der Waals surface area contributed by atoms with Crippen LogP contribution < -0.4 is 5.32 Å². The summed E-state index contributed by atoms with van der Waals surface area (Å²) in [7, 11) is 0. The van der Waals surface area contributed by atoms with Gasteiger partial charge in [0.05, 0.1) is 17.4 Å². The second-order valence-electron chi connectivity index (χ2n) is 4.45. The Morgan fingerprint density at radius 1 is 1.27 bits per heavy atom. The van der Waals surface area contributed by atoms with E-state index in [-0.39, 0.29) is 5.56 Å². The molecule has 5 nitrogen and oxygen atoms in total. The van der Waals surface area contributed by atoms with E-state index in [0.29, 0.717) is 16.0 Å². The molecule has 22 heavy (non-hydrogen) atoms. The van der Waals surface area contributed by atoms with Crippen molar-refractivity contribution in [3.05, 3.63) is 71.1 Å². The monoisotopic (exact) mass is 360 g/mol. The van der Waals surface area contributed by atoms with Crippen molar-refractivity contribution in [1.29, 1.82) is 0 Å². The van der Waals surface area contributed by atoms with Crippen LogP contribution in [0.5, 0.6) is 0 Å². The van der Waals surface area contributed by atoms with E-state index in [1.807, 2.05) is 0 Å². The Bertz CT molecular complexity index is 803. The summed E-state index contributed by atoms with van der Waals surface area (Å²) in [5, 5.41) is 2.68. The van der Waals surface area contributed by atoms with Crippen LogP contribution in [0.2, 0.25) is 0 Å². The van der Waals surface area contributed by atoms with Crippen molar-refractivity contribution in [1.82, 2.24) is 14.5 Å². The molecule has 7 heteroatoms. The molecule has 2 heterocycles. The topological polar surface area (TPSA) is 59.8 Å². The van der Waals surface area contributed by atoms with Crippen LogP contribution in [0.25, 0.3) is 5.82 Å². The number of amides is 1. The normalized spacial score (nSPS) is 10.5. The number of hydrogen-bond donors (Lipinski definition) is 1. The summed E-state index contributed by atoms with van der Waals surface area (Å²) in [6.07, 6.45) is 6.58. The van der Waals surface area contributed by atoms with Crippen LogP contribution in [-0.2, 0) is 0 Å². The first kappa shape index (κ1) is 14.4. The van der Waals surface area contributed by atoms with E-state index in [4.69, 9.17) is 0 Å². The SMILES string of the molecule is O=C(Nc1ccc(-n2ccnc2)nc1)c1cc(F)ccc1Br. The van der Waals surface area contributed by atoms with E-state index >= 15 is 0 Å². The first-order valence-corrected chi connectivity index (χ1v) is 7.13. The number of anilines is 1. The molecule has 0 atom stereocenters. The summed E-state index contributed by atoms with van der Waals surface area (Å²) < 4.78 is 15.5. The van der Waals surface area contributed by atoms with Crippen LogP contribution >= 0.6 is 15.9 Å². The molecular formula is C15H10BrFN4O. The Kier molecular flexibility index (Phi) is 3.97. The maximum atomic E-state index is 13.2. The zero-order valence-electron chi connectivity index (χ0n) is 11.2. The van der Waals surface area contributed by atoms with Gasteiger partial charge in [-0.15, -0.1) is 0 Å². The first-order valence-electron chi connectivity index (χ1n) is 6.34. The van der Waals surface area contributed by atoms with Gasteiger partial charge in [0.25, 0.3) is 5.91 Å². The molecule has 2 aromatic heterocycles. The number of rotatable bonds is 3. The van der Waals surface area contributed by atoms with Gasteiger partial charge in [-0.25, -0.2) is 14.4 Å². The minimum absolute atomic E-state index is 0.221. The standard InChI is InChI=1S/C15H10BrFN4O/c16-13-3-1-10(17)7-12(13)15(22)20-11-2-4-14(19-8-11)21-6-5-18-9-21/h1-9H,(H,20,22). The van der Waals surface area contributed by atoms with Gasteiger partial charge < -0.3 is 5.32 Å². The molecule has 0 bridgehead atoms. The van der Waals surface area contributed by atoms with Crippen molar-refractivity contribution < 1.29 is 9.18 Å². The first-order chi connectivity index (χ1) is 10.6. The highest BCUT2D eigenvalue weighted by Gasteiger charge is 2.11. The highest BCUT2D eigenvalue weighted by atomic mass is 79.9. The number of benzene rings is 1. The largest absolute Gasteiger partial charge is 0.321 e. The third-order valence-electron chi connectivity index (χ3n) is 2.95. The highest BCUT2D eigenvalue weighted by Crippen LogP contribution is 2.19. The van der Waals surface area contributed by atoms with Crippen molar-refractivity contribution >= 4 is 27.5 Å². The van der Waals surface area contributed by atoms with E-state index in [1.54, 1.807) is 35.4 Å². The Hall–Kier alpha value is -2.54. The molecule has 1 amide bonds. The number of nitrogens with one attached hydrogen (secondary N) is 1. The number of imidazole rings is 1. The lowest BCUT2D eigenvalue weighted by molar-refractivity contribution is 0.102. The second-order valence-corrected chi connectivity index (χ2v) is 5.31. The summed E-state index contributed by atoms with van der Waals surface area (Å²) in [6, 6.07) is 7.41. The van der Waals surface area contributed by atoms with Gasteiger partial charge in [-0.2, -0.15) is 0 Å². The summed E-state index contributed by atoms with van der Waals surface area (Å²) in [4.78, 5) is 20.3. The van der Waals surface area contributed by atoms with Crippen molar-refractivity contribution in [2.75, 3.05) is 5.32 Å². The third kappa shape index (κ3) is 3.04. The lowest BCUT2D eigenvalue weighted by atomic mass is 10.2. The van der Waals surface area contributed by atoms with Gasteiger partial charge in [0.15, 0.2) is 0 Å². The molecular weight excluding hydrogens is 351 g/mol. The molecule has 0 saturated heterocycles. The fraction of sp³-hybridized carbons (Fsp3) is 0. The summed E-state index contributed by atoms with van der Waals surface area (Å²) in [6.45, 7) is 0. The number of aromatic nitrogens is 3. The van der Waals surface area contributed by atoms with E-state index in [0.717, 1.165) is 0 Å². The van der Waals surface area contributed by atoms with Gasteiger partial charge in [0.1, 0.15) is 18.0 Å². The molecule has 0 aliphatic rings. The van der Waals surface area contributed by atoms with Crippen LogP contribution in [0.3, 0.4) is 0 Å². The van der Waals surface area contributed by atoms with Gasteiger partial charge in [-0.3, -0.25) is 9.36 Å². The fourth-order valence-corrected chi connectivity index (χ4v) is 2.30. The number of nitrogens with zero attached hydrogens (tertiary/aromatic N) is 3.